The van der Waals surface area contributed by atoms with E-state index in [9.17, 15) is 0 Å². The summed E-state index contributed by atoms with van der Waals surface area (Å²) in [6, 6.07) is 10.6. The number of ether oxygens (including phenoxy) is 1. The molecule has 118 valence electrons. The van der Waals surface area contributed by atoms with Crippen LogP contribution in [0.25, 0.3) is 5.69 Å². The Hall–Kier alpha value is -2.51. The maximum atomic E-state index is 5.60. The molecule has 1 saturated heterocycles. The predicted molar refractivity (Wildman–Crippen MR) is 84.1 cm³/mol. The summed E-state index contributed by atoms with van der Waals surface area (Å²) in [5.74, 6) is 0.973. The Morgan fingerprint density at radius 1 is 1.13 bits per heavy atom. The first-order valence-corrected chi connectivity index (χ1v) is 7.66. The summed E-state index contributed by atoms with van der Waals surface area (Å²) >= 11 is 0. The Morgan fingerprint density at radius 2 is 2.04 bits per heavy atom. The second-order valence-electron chi connectivity index (χ2n) is 5.52. The second kappa shape index (κ2) is 6.31. The van der Waals surface area contributed by atoms with Crippen LogP contribution < -0.4 is 5.32 Å². The van der Waals surface area contributed by atoms with Gasteiger partial charge in [-0.1, -0.05) is 23.4 Å². The lowest BCUT2D eigenvalue weighted by molar-refractivity contribution is 0.181. The number of nitrogens with one attached hydrogen (secondary N) is 1. The van der Waals surface area contributed by atoms with Crippen molar-refractivity contribution in [2.45, 2.75) is 18.6 Å². The quantitative estimate of drug-likeness (QED) is 0.766. The Balaban J connectivity index is 1.47. The minimum Gasteiger partial charge on any atom is -0.377 e. The molecule has 0 radical (unpaired) electrons. The molecule has 0 saturated carbocycles. The molecule has 0 bridgehead atoms. The fourth-order valence-corrected chi connectivity index (χ4v) is 2.90. The molecule has 2 atom stereocenters. The van der Waals surface area contributed by atoms with Gasteiger partial charge in [-0.2, -0.15) is 0 Å². The first-order valence-electron chi connectivity index (χ1n) is 7.66. The molecule has 7 nitrogen and oxygen atoms in total. The van der Waals surface area contributed by atoms with Gasteiger partial charge in [-0.3, -0.25) is 0 Å². The van der Waals surface area contributed by atoms with E-state index in [2.05, 4.69) is 37.3 Å². The fraction of sp³-hybridized carbons (Fsp3) is 0.312. The third-order valence-corrected chi connectivity index (χ3v) is 4.11. The molecule has 4 rings (SSSR count). The molecule has 0 aliphatic carbocycles. The molecule has 1 aliphatic rings. The summed E-state index contributed by atoms with van der Waals surface area (Å²) in [6.45, 7) is 1.98. The van der Waals surface area contributed by atoms with Gasteiger partial charge in [-0.25, -0.2) is 9.67 Å². The Kier molecular flexibility index (Phi) is 3.87. The third kappa shape index (κ3) is 2.88. The van der Waals surface area contributed by atoms with E-state index in [0.29, 0.717) is 19.8 Å². The fourth-order valence-electron chi connectivity index (χ4n) is 2.90. The van der Waals surface area contributed by atoms with Crippen LogP contribution in [0.15, 0.2) is 55.1 Å². The van der Waals surface area contributed by atoms with Crippen LogP contribution in [0.3, 0.4) is 0 Å². The highest BCUT2D eigenvalue weighted by Gasteiger charge is 2.30. The number of para-hydroxylation sites is 1. The largest absolute Gasteiger partial charge is 0.377 e. The van der Waals surface area contributed by atoms with Gasteiger partial charge in [0.1, 0.15) is 5.82 Å². The molecular formula is C16H18N6O. The van der Waals surface area contributed by atoms with E-state index < -0.39 is 0 Å². The number of rotatable bonds is 5. The van der Waals surface area contributed by atoms with Crippen LogP contribution in [0.2, 0.25) is 0 Å². The first-order chi connectivity index (χ1) is 11.4. The topological polar surface area (TPSA) is 69.8 Å². The molecule has 0 spiro atoms. The van der Waals surface area contributed by atoms with Gasteiger partial charge in [-0.05, 0) is 12.1 Å². The van der Waals surface area contributed by atoms with Crippen molar-refractivity contribution in [1.29, 1.82) is 0 Å². The standard InChI is InChI=1S/C16H18N6O/c1-2-4-13(5-3-1)21-8-6-17-16(21)10-18-14-11-23-12-15(14)22-9-7-19-20-22/h1-9,14-15,18H,10-12H2/t14-,15+/m0/s1. The van der Waals surface area contributed by atoms with E-state index in [4.69, 9.17) is 4.74 Å². The van der Waals surface area contributed by atoms with Crippen molar-refractivity contribution in [2.75, 3.05) is 13.2 Å². The van der Waals surface area contributed by atoms with E-state index in [0.717, 1.165) is 11.5 Å². The zero-order valence-electron chi connectivity index (χ0n) is 12.6. The summed E-state index contributed by atoms with van der Waals surface area (Å²) in [5.41, 5.74) is 1.11. The molecule has 1 N–H and O–H groups in total. The molecule has 0 amide bonds. The Bertz CT molecular complexity index is 739. The highest BCUT2D eigenvalue weighted by Crippen LogP contribution is 2.19. The van der Waals surface area contributed by atoms with Crippen LogP contribution in [0.1, 0.15) is 11.9 Å². The molecular weight excluding hydrogens is 292 g/mol. The normalized spacial score (nSPS) is 20.9. The van der Waals surface area contributed by atoms with Gasteiger partial charge < -0.3 is 14.6 Å². The molecule has 3 aromatic rings. The van der Waals surface area contributed by atoms with Crippen LogP contribution in [0.4, 0.5) is 0 Å². The summed E-state index contributed by atoms with van der Waals surface area (Å²) in [6.07, 6.45) is 7.37. The lowest BCUT2D eigenvalue weighted by Gasteiger charge is -2.19. The van der Waals surface area contributed by atoms with E-state index in [1.807, 2.05) is 41.5 Å². The molecule has 2 aromatic heterocycles. The minimum absolute atomic E-state index is 0.164. The number of imidazole rings is 1. The van der Waals surface area contributed by atoms with Gasteiger partial charge in [0, 0.05) is 24.3 Å². The zero-order chi connectivity index (χ0) is 15.5. The van der Waals surface area contributed by atoms with Gasteiger partial charge in [-0.15, -0.1) is 5.10 Å². The van der Waals surface area contributed by atoms with Gasteiger partial charge >= 0.3 is 0 Å². The van der Waals surface area contributed by atoms with Crippen molar-refractivity contribution >= 4 is 0 Å². The summed E-state index contributed by atoms with van der Waals surface area (Å²) in [4.78, 5) is 4.47. The Morgan fingerprint density at radius 3 is 2.87 bits per heavy atom. The minimum atomic E-state index is 0.164. The van der Waals surface area contributed by atoms with Crippen molar-refractivity contribution in [3.05, 3.63) is 60.9 Å². The number of benzene rings is 1. The molecule has 1 fully saturated rings. The molecule has 3 heterocycles. The summed E-state index contributed by atoms with van der Waals surface area (Å²) in [5, 5.41) is 11.5. The number of nitrogens with zero attached hydrogens (tertiary/aromatic N) is 5. The molecule has 0 unspecified atom stereocenters. The maximum absolute atomic E-state index is 5.60. The SMILES string of the molecule is c1ccc(-n2ccnc2CN[C@H]2COC[C@H]2n2ccnn2)cc1. The summed E-state index contributed by atoms with van der Waals surface area (Å²) in [7, 11) is 0. The van der Waals surface area contributed by atoms with Gasteiger partial charge in [0.15, 0.2) is 0 Å². The van der Waals surface area contributed by atoms with Gasteiger partial charge in [0.05, 0.1) is 38.0 Å². The Labute approximate surface area is 133 Å². The van der Waals surface area contributed by atoms with E-state index in [1.165, 1.54) is 0 Å². The summed E-state index contributed by atoms with van der Waals surface area (Å²) < 4.78 is 9.55. The molecule has 1 aromatic carbocycles. The van der Waals surface area contributed by atoms with Crippen molar-refractivity contribution in [3.63, 3.8) is 0 Å². The lowest BCUT2D eigenvalue weighted by atomic mass is 10.2. The van der Waals surface area contributed by atoms with Crippen molar-refractivity contribution in [1.82, 2.24) is 29.9 Å². The van der Waals surface area contributed by atoms with Gasteiger partial charge in [0.25, 0.3) is 0 Å². The zero-order valence-corrected chi connectivity index (χ0v) is 12.6. The van der Waals surface area contributed by atoms with Crippen LogP contribution in [-0.4, -0.2) is 43.8 Å². The predicted octanol–water partition coefficient (Wildman–Crippen LogP) is 1.19. The maximum Gasteiger partial charge on any atom is 0.127 e. The molecule has 7 heteroatoms. The van der Waals surface area contributed by atoms with E-state index in [-0.39, 0.29) is 12.1 Å². The molecule has 1 aliphatic heterocycles. The first kappa shape index (κ1) is 14.1. The second-order valence-corrected chi connectivity index (χ2v) is 5.52. The molecule has 23 heavy (non-hydrogen) atoms. The highest BCUT2D eigenvalue weighted by molar-refractivity contribution is 5.32. The average Bonchev–Trinajstić information content (AvgIpc) is 3.33. The van der Waals surface area contributed by atoms with Crippen LogP contribution in [0, 0.1) is 0 Å². The van der Waals surface area contributed by atoms with Gasteiger partial charge in [0.2, 0.25) is 0 Å². The number of hydrogen-bond donors (Lipinski definition) is 1. The monoisotopic (exact) mass is 310 g/mol. The van der Waals surface area contributed by atoms with Crippen LogP contribution >= 0.6 is 0 Å². The lowest BCUT2D eigenvalue weighted by Crippen LogP contribution is -2.37. The third-order valence-electron chi connectivity index (χ3n) is 4.11. The van der Waals surface area contributed by atoms with Crippen LogP contribution in [0.5, 0.6) is 0 Å². The van der Waals surface area contributed by atoms with Crippen molar-refractivity contribution < 1.29 is 4.74 Å². The van der Waals surface area contributed by atoms with E-state index in [1.54, 1.807) is 6.20 Å². The van der Waals surface area contributed by atoms with E-state index >= 15 is 0 Å². The van der Waals surface area contributed by atoms with Crippen LogP contribution in [-0.2, 0) is 11.3 Å². The average molecular weight is 310 g/mol. The highest BCUT2D eigenvalue weighted by atomic mass is 16.5. The number of hydrogen-bond acceptors (Lipinski definition) is 5. The smallest absolute Gasteiger partial charge is 0.127 e. The van der Waals surface area contributed by atoms with Crippen molar-refractivity contribution in [2.24, 2.45) is 0 Å². The van der Waals surface area contributed by atoms with Crippen molar-refractivity contribution in [3.8, 4) is 5.69 Å². The number of aromatic nitrogens is 5.